The van der Waals surface area contributed by atoms with Gasteiger partial charge in [0.25, 0.3) is 0 Å². The summed E-state index contributed by atoms with van der Waals surface area (Å²) in [4.78, 5) is 5.18. The van der Waals surface area contributed by atoms with Crippen molar-refractivity contribution in [3.05, 3.63) is 11.4 Å². The number of aromatic nitrogens is 3. The number of methoxy groups -OCH3 is 1. The molecular weight excluding hydrogens is 302 g/mol. The van der Waals surface area contributed by atoms with Crippen LogP contribution in [0.4, 0.5) is 0 Å². The third kappa shape index (κ3) is 3.65. The Kier molecular flexibility index (Phi) is 5.15. The number of rotatable bonds is 7. The molecule has 1 unspecified atom stereocenters. The average Bonchev–Trinajstić information content (AvgIpc) is 3.34. The van der Waals surface area contributed by atoms with Gasteiger partial charge >= 0.3 is 0 Å². The molecule has 0 aromatic carbocycles. The van der Waals surface area contributed by atoms with Crippen molar-refractivity contribution in [2.24, 2.45) is 5.92 Å². The highest BCUT2D eigenvalue weighted by atomic mass is 16.5. The van der Waals surface area contributed by atoms with Gasteiger partial charge in [-0.15, -0.1) is 5.10 Å². The van der Waals surface area contributed by atoms with Crippen LogP contribution in [0.3, 0.4) is 0 Å². The third-order valence-corrected chi connectivity index (χ3v) is 5.86. The highest BCUT2D eigenvalue weighted by Gasteiger charge is 2.33. The zero-order valence-corrected chi connectivity index (χ0v) is 15.0. The van der Waals surface area contributed by atoms with E-state index in [4.69, 9.17) is 4.74 Å². The van der Waals surface area contributed by atoms with E-state index in [-0.39, 0.29) is 6.04 Å². The van der Waals surface area contributed by atoms with Gasteiger partial charge in [-0.05, 0) is 44.7 Å². The molecule has 1 saturated carbocycles. The lowest BCUT2D eigenvalue weighted by Crippen LogP contribution is -2.43. The fraction of sp³-hybridized carbons (Fsp3) is 0.889. The second-order valence-corrected chi connectivity index (χ2v) is 7.71. The Morgan fingerprint density at radius 1 is 1.08 bits per heavy atom. The first-order valence-corrected chi connectivity index (χ1v) is 9.72. The van der Waals surface area contributed by atoms with Crippen molar-refractivity contribution in [3.8, 4) is 0 Å². The number of nitrogens with zero attached hydrogens (tertiary/aromatic N) is 5. The summed E-state index contributed by atoms with van der Waals surface area (Å²) in [5.41, 5.74) is 2.53. The monoisotopic (exact) mass is 333 g/mol. The summed E-state index contributed by atoms with van der Waals surface area (Å²) in [6.07, 6.45) is 7.92. The van der Waals surface area contributed by atoms with Crippen LogP contribution >= 0.6 is 0 Å². The molecule has 1 aliphatic carbocycles. The van der Waals surface area contributed by atoms with E-state index in [0.29, 0.717) is 0 Å². The maximum absolute atomic E-state index is 5.53. The Labute approximate surface area is 145 Å². The molecule has 3 aliphatic rings. The topological polar surface area (TPSA) is 46.4 Å². The van der Waals surface area contributed by atoms with Gasteiger partial charge in [-0.2, -0.15) is 0 Å². The van der Waals surface area contributed by atoms with E-state index in [1.165, 1.54) is 63.1 Å². The molecule has 2 fully saturated rings. The molecule has 3 heterocycles. The number of ether oxygens (including phenoxy) is 1. The molecule has 0 spiro atoms. The van der Waals surface area contributed by atoms with Crippen LogP contribution in [0, 0.1) is 5.92 Å². The first-order chi connectivity index (χ1) is 11.8. The number of piperidine rings is 1. The van der Waals surface area contributed by atoms with Crippen LogP contribution < -0.4 is 0 Å². The van der Waals surface area contributed by atoms with E-state index in [9.17, 15) is 0 Å². The van der Waals surface area contributed by atoms with E-state index in [2.05, 4.69) is 24.8 Å². The van der Waals surface area contributed by atoms with Crippen LogP contribution in [0.1, 0.15) is 49.5 Å². The average molecular weight is 333 g/mol. The Bertz CT molecular complexity index is 536. The molecule has 24 heavy (non-hydrogen) atoms. The molecule has 134 valence electrons. The van der Waals surface area contributed by atoms with Crippen molar-refractivity contribution < 1.29 is 4.74 Å². The third-order valence-electron chi connectivity index (χ3n) is 5.86. The summed E-state index contributed by atoms with van der Waals surface area (Å²) in [5.74, 6) is 0.841. The molecule has 1 atom stereocenters. The first kappa shape index (κ1) is 16.5. The van der Waals surface area contributed by atoms with Crippen LogP contribution in [0.15, 0.2) is 0 Å². The van der Waals surface area contributed by atoms with Gasteiger partial charge in [0.05, 0.1) is 18.3 Å². The SMILES string of the molecule is COCC1c2nnn(CC3CC3)c2CCN1CCN1CCCCC1. The van der Waals surface area contributed by atoms with Crippen LogP contribution in [0.25, 0.3) is 0 Å². The van der Waals surface area contributed by atoms with Gasteiger partial charge in [-0.3, -0.25) is 4.90 Å². The van der Waals surface area contributed by atoms with Gasteiger partial charge in [-0.1, -0.05) is 11.6 Å². The summed E-state index contributed by atoms with van der Waals surface area (Å²) < 4.78 is 7.71. The molecule has 0 N–H and O–H groups in total. The number of hydrogen-bond acceptors (Lipinski definition) is 5. The van der Waals surface area contributed by atoms with Crippen LogP contribution in [-0.2, 0) is 17.7 Å². The lowest BCUT2D eigenvalue weighted by molar-refractivity contribution is 0.0694. The normalized spacial score (nSPS) is 25.8. The van der Waals surface area contributed by atoms with Gasteiger partial charge < -0.3 is 9.64 Å². The van der Waals surface area contributed by atoms with E-state index >= 15 is 0 Å². The summed E-state index contributed by atoms with van der Waals surface area (Å²) in [6, 6.07) is 0.275. The summed E-state index contributed by atoms with van der Waals surface area (Å²) in [6.45, 7) is 7.71. The fourth-order valence-electron chi connectivity index (χ4n) is 4.19. The highest BCUT2D eigenvalue weighted by Crippen LogP contribution is 2.33. The molecule has 6 heteroatoms. The molecule has 4 rings (SSSR count). The first-order valence-electron chi connectivity index (χ1n) is 9.72. The molecule has 2 aliphatic heterocycles. The minimum atomic E-state index is 0.275. The molecular formula is C18H31N5O. The molecule has 1 saturated heterocycles. The summed E-state index contributed by atoms with van der Waals surface area (Å²) >= 11 is 0. The Morgan fingerprint density at radius 2 is 1.92 bits per heavy atom. The molecule has 1 aromatic rings. The van der Waals surface area contributed by atoms with Crippen LogP contribution in [0.5, 0.6) is 0 Å². The lowest BCUT2D eigenvalue weighted by Gasteiger charge is -2.36. The highest BCUT2D eigenvalue weighted by molar-refractivity contribution is 5.19. The number of hydrogen-bond donors (Lipinski definition) is 0. The lowest BCUT2D eigenvalue weighted by atomic mass is 10.0. The zero-order chi connectivity index (χ0) is 16.4. The zero-order valence-electron chi connectivity index (χ0n) is 15.0. The minimum Gasteiger partial charge on any atom is -0.383 e. The van der Waals surface area contributed by atoms with Crippen molar-refractivity contribution >= 4 is 0 Å². The van der Waals surface area contributed by atoms with Gasteiger partial charge in [-0.25, -0.2) is 4.68 Å². The van der Waals surface area contributed by atoms with Crippen molar-refractivity contribution in [1.82, 2.24) is 24.8 Å². The van der Waals surface area contributed by atoms with Crippen molar-refractivity contribution in [2.45, 2.75) is 51.1 Å². The van der Waals surface area contributed by atoms with Crippen molar-refractivity contribution in [1.29, 1.82) is 0 Å². The number of likely N-dealkylation sites (tertiary alicyclic amines) is 1. The Hall–Kier alpha value is -0.980. The van der Waals surface area contributed by atoms with Gasteiger partial charge in [0.15, 0.2) is 0 Å². The van der Waals surface area contributed by atoms with Crippen molar-refractivity contribution in [3.63, 3.8) is 0 Å². The van der Waals surface area contributed by atoms with Crippen molar-refractivity contribution in [2.75, 3.05) is 46.4 Å². The van der Waals surface area contributed by atoms with E-state index in [1.807, 2.05) is 0 Å². The molecule has 6 nitrogen and oxygen atoms in total. The summed E-state index contributed by atoms with van der Waals surface area (Å²) in [7, 11) is 1.80. The maximum atomic E-state index is 5.53. The number of fused-ring (bicyclic) bond motifs is 1. The minimum absolute atomic E-state index is 0.275. The molecule has 0 amide bonds. The maximum Gasteiger partial charge on any atom is 0.105 e. The summed E-state index contributed by atoms with van der Waals surface area (Å²) in [5, 5.41) is 9.03. The fourth-order valence-corrected chi connectivity index (χ4v) is 4.19. The predicted octanol–water partition coefficient (Wildman–Crippen LogP) is 1.72. The Morgan fingerprint density at radius 3 is 2.67 bits per heavy atom. The van der Waals surface area contributed by atoms with E-state index in [1.54, 1.807) is 7.11 Å². The van der Waals surface area contributed by atoms with Gasteiger partial charge in [0.2, 0.25) is 0 Å². The second-order valence-electron chi connectivity index (χ2n) is 7.71. The molecule has 0 bridgehead atoms. The molecule has 0 radical (unpaired) electrons. The Balaban J connectivity index is 1.42. The van der Waals surface area contributed by atoms with E-state index in [0.717, 1.165) is 38.6 Å². The second kappa shape index (κ2) is 7.50. The van der Waals surface area contributed by atoms with Gasteiger partial charge in [0.1, 0.15) is 5.69 Å². The molecule has 1 aromatic heterocycles. The van der Waals surface area contributed by atoms with Gasteiger partial charge in [0, 0.05) is 39.7 Å². The van der Waals surface area contributed by atoms with Crippen LogP contribution in [0.2, 0.25) is 0 Å². The van der Waals surface area contributed by atoms with E-state index < -0.39 is 0 Å². The predicted molar refractivity (Wildman–Crippen MR) is 92.9 cm³/mol. The quantitative estimate of drug-likeness (QED) is 0.760. The van der Waals surface area contributed by atoms with Crippen LogP contribution in [-0.4, -0.2) is 71.2 Å². The smallest absolute Gasteiger partial charge is 0.105 e. The standard InChI is InChI=1S/C18H31N5O/c1-24-14-17-18-16(23(20-19-18)13-15-5-6-15)7-10-22(17)12-11-21-8-3-2-4-9-21/h15,17H,2-14H2,1H3. The largest absolute Gasteiger partial charge is 0.383 e.